The van der Waals surface area contributed by atoms with Gasteiger partial charge in [-0.2, -0.15) is 8.75 Å². The molecule has 4 aromatic carbocycles. The van der Waals surface area contributed by atoms with Gasteiger partial charge in [-0.15, -0.1) is 12.4 Å². The van der Waals surface area contributed by atoms with Gasteiger partial charge in [0.15, 0.2) is 0 Å². The van der Waals surface area contributed by atoms with Gasteiger partial charge in [0, 0.05) is 28.2 Å². The summed E-state index contributed by atoms with van der Waals surface area (Å²) in [6, 6.07) is 24.5. The van der Waals surface area contributed by atoms with Crippen LogP contribution in [0.5, 0.6) is 11.5 Å². The fourth-order valence-corrected chi connectivity index (χ4v) is 5.79. The summed E-state index contributed by atoms with van der Waals surface area (Å²) in [5, 5.41) is 13.1. The molecule has 0 fully saturated rings. The van der Waals surface area contributed by atoms with Crippen molar-refractivity contribution in [2.24, 2.45) is 0 Å². The van der Waals surface area contributed by atoms with Gasteiger partial charge in [0.1, 0.15) is 41.8 Å². The zero-order valence-electron chi connectivity index (χ0n) is 23.7. The number of nitrogens with zero attached hydrogens (tertiary/aromatic N) is 2. The highest BCUT2D eigenvalue weighted by molar-refractivity contribution is 9.10. The van der Waals surface area contributed by atoms with Gasteiger partial charge >= 0.3 is 5.97 Å². The van der Waals surface area contributed by atoms with Crippen LogP contribution in [0.1, 0.15) is 23.6 Å². The highest BCUT2D eigenvalue weighted by Crippen LogP contribution is 2.36. The molecule has 0 aliphatic carbocycles. The second kappa shape index (κ2) is 16.2. The maximum atomic E-state index is 12.2. The molecule has 5 aromatic rings. The van der Waals surface area contributed by atoms with E-state index in [1.54, 1.807) is 19.1 Å². The lowest BCUT2D eigenvalue weighted by Gasteiger charge is -2.19. The summed E-state index contributed by atoms with van der Waals surface area (Å²) in [7, 11) is 0. The molecule has 0 saturated carbocycles. The Balaban J connectivity index is 0.00000442. The maximum Gasteiger partial charge on any atom is 0.325 e. The van der Waals surface area contributed by atoms with Gasteiger partial charge in [0.05, 0.1) is 30.0 Å². The number of rotatable bonds is 13. The molecule has 0 bridgehead atoms. The number of aromatic nitrogens is 2. The van der Waals surface area contributed by atoms with Crippen molar-refractivity contribution in [2.75, 3.05) is 13.2 Å². The largest absolute Gasteiger partial charge is 0.488 e. The third-order valence-corrected chi connectivity index (χ3v) is 8.46. The molecule has 12 heteroatoms. The molecule has 1 aromatic heterocycles. The lowest BCUT2D eigenvalue weighted by atomic mass is 10.0. The van der Waals surface area contributed by atoms with Crippen LogP contribution in [0.4, 0.5) is 0 Å². The summed E-state index contributed by atoms with van der Waals surface area (Å²) in [4.78, 5) is 12.2. The number of aliphatic hydroxyl groups excluding tert-OH is 1. The highest BCUT2D eigenvalue weighted by atomic mass is 79.9. The van der Waals surface area contributed by atoms with Crippen LogP contribution in [0.25, 0.3) is 22.2 Å². The van der Waals surface area contributed by atoms with Crippen molar-refractivity contribution >= 4 is 68.7 Å². The minimum atomic E-state index is -0.892. The van der Waals surface area contributed by atoms with Crippen LogP contribution in [0.3, 0.4) is 0 Å². The van der Waals surface area contributed by atoms with Crippen molar-refractivity contribution < 1.29 is 24.1 Å². The Hall–Kier alpha value is -3.25. The molecule has 1 atom stereocenters. The van der Waals surface area contributed by atoms with Gasteiger partial charge in [-0.3, -0.25) is 10.1 Å². The summed E-state index contributed by atoms with van der Waals surface area (Å²) in [6.45, 7) is 2.23. The standard InChI is InChI=1S/C32H29BrClN3O5S.ClH/c1-2-40-32(39)28(17-38)35-16-23-14-25(34)30(15-29(23)41-18-20-11-12-26-27(13-20)37-43-36-26)42-19-22-9-6-10-24(31(22)33)21-7-4-3-5-8-21;/h3-15,28,35,38H,2,16-19H2,1H3;1H/t28-;/m1./s1. The number of nitrogens with one attached hydrogen (secondary N) is 1. The Bertz CT molecular complexity index is 1710. The average molecular weight is 719 g/mol. The number of esters is 1. The number of halogens is 3. The van der Waals surface area contributed by atoms with Crippen molar-refractivity contribution in [3.05, 3.63) is 105 Å². The molecule has 1 heterocycles. The second-order valence-electron chi connectivity index (χ2n) is 9.57. The molecule has 0 unspecified atom stereocenters. The van der Waals surface area contributed by atoms with E-state index in [4.69, 9.17) is 25.8 Å². The molecule has 0 amide bonds. The number of benzene rings is 4. The Morgan fingerprint density at radius 3 is 2.50 bits per heavy atom. The molecule has 0 spiro atoms. The first kappa shape index (κ1) is 33.6. The zero-order valence-corrected chi connectivity index (χ0v) is 27.6. The quantitative estimate of drug-likeness (QED) is 0.122. The third kappa shape index (κ3) is 8.26. The molecule has 44 heavy (non-hydrogen) atoms. The molecular weight excluding hydrogens is 689 g/mol. The van der Waals surface area contributed by atoms with Gasteiger partial charge in [-0.1, -0.05) is 66.2 Å². The molecule has 5 rings (SSSR count). The number of aliphatic hydroxyl groups is 1. The molecule has 0 saturated heterocycles. The first-order valence-electron chi connectivity index (χ1n) is 13.6. The van der Waals surface area contributed by atoms with E-state index < -0.39 is 18.6 Å². The monoisotopic (exact) mass is 717 g/mol. The molecular formula is C32H30BrCl2N3O5S. The van der Waals surface area contributed by atoms with Gasteiger partial charge in [0.25, 0.3) is 0 Å². The van der Waals surface area contributed by atoms with Crippen molar-refractivity contribution in [2.45, 2.75) is 32.7 Å². The maximum absolute atomic E-state index is 12.2. The Morgan fingerprint density at radius 1 is 0.955 bits per heavy atom. The van der Waals surface area contributed by atoms with E-state index in [2.05, 4.69) is 48.2 Å². The summed E-state index contributed by atoms with van der Waals surface area (Å²) in [5.41, 5.74) is 6.34. The van der Waals surface area contributed by atoms with Crippen molar-refractivity contribution in [1.82, 2.24) is 14.1 Å². The molecule has 8 nitrogen and oxygen atoms in total. The SMILES string of the molecule is CCOC(=O)[C@@H](CO)NCc1cc(Cl)c(OCc2cccc(-c3ccccc3)c2Br)cc1OCc1ccc2nsnc2c1.Cl. The van der Waals surface area contributed by atoms with E-state index in [-0.39, 0.29) is 38.8 Å². The lowest BCUT2D eigenvalue weighted by Crippen LogP contribution is -2.40. The topological polar surface area (TPSA) is 103 Å². The second-order valence-corrected chi connectivity index (χ2v) is 11.3. The number of carbonyl (C=O) groups excluding carboxylic acids is 1. The summed E-state index contributed by atoms with van der Waals surface area (Å²) in [6.07, 6.45) is 0. The van der Waals surface area contributed by atoms with Crippen molar-refractivity contribution in [3.8, 4) is 22.6 Å². The smallest absolute Gasteiger partial charge is 0.325 e. The molecule has 2 N–H and O–H groups in total. The Morgan fingerprint density at radius 2 is 1.73 bits per heavy atom. The third-order valence-electron chi connectivity index (χ3n) is 6.67. The number of fused-ring (bicyclic) bond motifs is 1. The first-order chi connectivity index (χ1) is 21.0. The van der Waals surface area contributed by atoms with Gasteiger partial charge in [0.2, 0.25) is 0 Å². The molecule has 0 aliphatic heterocycles. The van der Waals surface area contributed by atoms with Crippen LogP contribution >= 0.6 is 51.7 Å². The van der Waals surface area contributed by atoms with E-state index in [1.807, 2.05) is 48.5 Å². The van der Waals surface area contributed by atoms with E-state index in [0.29, 0.717) is 22.1 Å². The fraction of sp³-hybridized carbons (Fsp3) is 0.219. The summed E-state index contributed by atoms with van der Waals surface area (Å²) < 4.78 is 27.0. The first-order valence-corrected chi connectivity index (χ1v) is 15.5. The van der Waals surface area contributed by atoms with Crippen molar-refractivity contribution in [1.29, 1.82) is 0 Å². The fourth-order valence-electron chi connectivity index (χ4n) is 4.42. The van der Waals surface area contributed by atoms with Crippen LogP contribution < -0.4 is 14.8 Å². The van der Waals surface area contributed by atoms with Crippen molar-refractivity contribution in [3.63, 3.8) is 0 Å². The van der Waals surface area contributed by atoms with Crippen LogP contribution in [0, 0.1) is 0 Å². The molecule has 0 aliphatic rings. The predicted octanol–water partition coefficient (Wildman–Crippen LogP) is 7.37. The zero-order chi connectivity index (χ0) is 30.2. The van der Waals surface area contributed by atoms with Crippen LogP contribution in [-0.4, -0.2) is 39.1 Å². The van der Waals surface area contributed by atoms with Gasteiger partial charge in [-0.05, 0) is 57.7 Å². The predicted molar refractivity (Wildman–Crippen MR) is 179 cm³/mol. The minimum Gasteiger partial charge on any atom is -0.488 e. The average Bonchev–Trinajstić information content (AvgIpc) is 3.49. The number of hydrogen-bond acceptors (Lipinski definition) is 9. The van der Waals surface area contributed by atoms with Crippen LogP contribution in [0.15, 0.2) is 83.3 Å². The summed E-state index contributed by atoms with van der Waals surface area (Å²) >= 11 is 11.6. The van der Waals surface area contributed by atoms with E-state index in [1.165, 1.54) is 0 Å². The summed E-state index contributed by atoms with van der Waals surface area (Å²) in [5.74, 6) is 0.425. The van der Waals surface area contributed by atoms with Gasteiger partial charge < -0.3 is 19.3 Å². The van der Waals surface area contributed by atoms with Gasteiger partial charge in [-0.25, -0.2) is 0 Å². The van der Waals surface area contributed by atoms with Crippen LogP contribution in [0.2, 0.25) is 5.02 Å². The Labute approximate surface area is 279 Å². The van der Waals surface area contributed by atoms with E-state index in [9.17, 15) is 9.90 Å². The Kier molecular flexibility index (Phi) is 12.4. The van der Waals surface area contributed by atoms with E-state index in [0.717, 1.165) is 49.5 Å². The number of hydrogen-bond donors (Lipinski definition) is 2. The highest BCUT2D eigenvalue weighted by Gasteiger charge is 2.20. The normalized spacial score (nSPS) is 11.5. The lowest BCUT2D eigenvalue weighted by molar-refractivity contribution is -0.146. The van der Waals surface area contributed by atoms with E-state index >= 15 is 0 Å². The molecule has 230 valence electrons. The number of carbonyl (C=O) groups is 1. The minimum absolute atomic E-state index is 0. The van der Waals surface area contributed by atoms with Crippen LogP contribution in [-0.2, 0) is 29.3 Å². The number of ether oxygens (including phenoxy) is 3. The molecule has 0 radical (unpaired) electrons.